The first-order valence-electron chi connectivity index (χ1n) is 21.0. The largest absolute Gasteiger partial charge is 0.353 e. The van der Waals surface area contributed by atoms with Gasteiger partial charge in [-0.25, -0.2) is 0 Å². The molecule has 4 aliphatic rings. The van der Waals surface area contributed by atoms with E-state index in [2.05, 4.69) is 47.5 Å². The molecule has 0 radical (unpaired) electrons. The molecular formula is C45H51N9O6. The van der Waals surface area contributed by atoms with Crippen molar-refractivity contribution < 1.29 is 28.8 Å². The summed E-state index contributed by atoms with van der Waals surface area (Å²) in [5.41, 5.74) is 2.37. The second-order valence-electron chi connectivity index (χ2n) is 15.7. The lowest BCUT2D eigenvalue weighted by Gasteiger charge is -2.35. The Morgan fingerprint density at radius 2 is 1.68 bits per heavy atom. The number of aromatic nitrogens is 3. The number of imide groups is 2. The number of rotatable bonds is 14. The summed E-state index contributed by atoms with van der Waals surface area (Å²) in [5, 5.41) is 13.9. The second-order valence-corrected chi connectivity index (χ2v) is 15.7. The molecule has 60 heavy (non-hydrogen) atoms. The van der Waals surface area contributed by atoms with Gasteiger partial charge < -0.3 is 15.1 Å². The molecule has 3 saturated heterocycles. The molecule has 15 nitrogen and oxygen atoms in total. The van der Waals surface area contributed by atoms with Crippen molar-refractivity contribution in [2.45, 2.75) is 70.3 Å². The average molecular weight is 814 g/mol. The molecule has 15 heteroatoms. The van der Waals surface area contributed by atoms with Crippen LogP contribution in [0.25, 0.3) is 6.08 Å². The minimum atomic E-state index is -0.991. The Kier molecular flexibility index (Phi) is 14.0. The van der Waals surface area contributed by atoms with Crippen molar-refractivity contribution in [3.8, 4) is 11.8 Å². The number of carbonyl (C=O) groups is 6. The van der Waals surface area contributed by atoms with Crippen molar-refractivity contribution in [1.29, 1.82) is 0 Å². The van der Waals surface area contributed by atoms with Crippen LogP contribution in [0.5, 0.6) is 0 Å². The SMILES string of the molecule is O=C(/C=C/c1cccnc1)NCCCCC1CCN(C(=O)c2ccc(N3CCN(CCCCC#Cc4ccc5c(c4)C(=O)N(C4CCC(=O)NC4=O)C5=O)CC3)nn2)CC1. The van der Waals surface area contributed by atoms with Gasteiger partial charge in [-0.3, -0.25) is 48.9 Å². The number of amides is 6. The van der Waals surface area contributed by atoms with Gasteiger partial charge in [0.15, 0.2) is 11.5 Å². The summed E-state index contributed by atoms with van der Waals surface area (Å²) in [7, 11) is 0. The maximum Gasteiger partial charge on any atom is 0.274 e. The highest BCUT2D eigenvalue weighted by Crippen LogP contribution is 2.28. The minimum absolute atomic E-state index is 0.0682. The van der Waals surface area contributed by atoms with Crippen molar-refractivity contribution in [2.75, 3.05) is 57.3 Å². The van der Waals surface area contributed by atoms with E-state index in [1.54, 1.807) is 42.7 Å². The molecule has 6 amide bonds. The average Bonchev–Trinajstić information content (AvgIpc) is 3.52. The van der Waals surface area contributed by atoms with Gasteiger partial charge >= 0.3 is 0 Å². The Labute approximate surface area is 350 Å². The molecule has 3 fully saturated rings. The van der Waals surface area contributed by atoms with E-state index in [-0.39, 0.29) is 35.8 Å². The van der Waals surface area contributed by atoms with Crippen LogP contribution < -0.4 is 15.5 Å². The van der Waals surface area contributed by atoms with E-state index in [0.29, 0.717) is 43.2 Å². The first-order chi connectivity index (χ1) is 29.2. The van der Waals surface area contributed by atoms with E-state index in [0.717, 1.165) is 94.0 Å². The zero-order valence-electron chi connectivity index (χ0n) is 33.8. The van der Waals surface area contributed by atoms with Crippen molar-refractivity contribution in [3.05, 3.63) is 88.9 Å². The minimum Gasteiger partial charge on any atom is -0.353 e. The zero-order chi connectivity index (χ0) is 41.8. The molecule has 0 spiro atoms. The predicted octanol–water partition coefficient (Wildman–Crippen LogP) is 3.47. The fourth-order valence-electron chi connectivity index (χ4n) is 8.13. The maximum atomic E-state index is 13.2. The Morgan fingerprint density at radius 1 is 0.867 bits per heavy atom. The third kappa shape index (κ3) is 10.7. The quantitative estimate of drug-likeness (QED) is 0.105. The van der Waals surface area contributed by atoms with Gasteiger partial charge in [-0.1, -0.05) is 30.7 Å². The molecule has 2 aromatic heterocycles. The summed E-state index contributed by atoms with van der Waals surface area (Å²) in [4.78, 5) is 86.7. The number of unbranched alkanes of at least 4 members (excludes halogenated alkanes) is 3. The van der Waals surface area contributed by atoms with Gasteiger partial charge in [0.2, 0.25) is 17.7 Å². The summed E-state index contributed by atoms with van der Waals surface area (Å²) >= 11 is 0. The number of piperidine rings is 2. The Morgan fingerprint density at radius 3 is 2.43 bits per heavy atom. The molecule has 4 aliphatic heterocycles. The molecule has 312 valence electrons. The van der Waals surface area contributed by atoms with Crippen molar-refractivity contribution in [3.63, 3.8) is 0 Å². The molecule has 1 atom stereocenters. The lowest BCUT2D eigenvalue weighted by atomic mass is 9.91. The van der Waals surface area contributed by atoms with E-state index < -0.39 is 29.7 Å². The van der Waals surface area contributed by atoms with Gasteiger partial charge in [-0.05, 0) is 99.0 Å². The van der Waals surface area contributed by atoms with E-state index >= 15 is 0 Å². The Hall–Kier alpha value is -6.27. The Bertz CT molecular complexity index is 2150. The molecule has 2 N–H and O–H groups in total. The van der Waals surface area contributed by atoms with Crippen LogP contribution in [0.15, 0.2) is 60.9 Å². The zero-order valence-corrected chi connectivity index (χ0v) is 33.8. The summed E-state index contributed by atoms with van der Waals surface area (Å²) in [5.74, 6) is 5.38. The number of likely N-dealkylation sites (tertiary alicyclic amines) is 1. The van der Waals surface area contributed by atoms with Crippen LogP contribution in [-0.2, 0) is 14.4 Å². The molecule has 1 unspecified atom stereocenters. The number of benzene rings is 1. The molecule has 3 aromatic rings. The second kappa shape index (κ2) is 20.1. The number of nitrogens with one attached hydrogen (secondary N) is 2. The topological polar surface area (TPSA) is 178 Å². The molecule has 0 bridgehead atoms. The third-order valence-corrected chi connectivity index (χ3v) is 11.6. The predicted molar refractivity (Wildman–Crippen MR) is 223 cm³/mol. The van der Waals surface area contributed by atoms with Crippen LogP contribution >= 0.6 is 0 Å². The lowest BCUT2D eigenvalue weighted by Crippen LogP contribution is -2.54. The highest BCUT2D eigenvalue weighted by Gasteiger charge is 2.44. The number of pyridine rings is 1. The van der Waals surface area contributed by atoms with Gasteiger partial charge in [0.25, 0.3) is 17.7 Å². The fraction of sp³-hybridized carbons (Fsp3) is 0.444. The summed E-state index contributed by atoms with van der Waals surface area (Å²) < 4.78 is 0. The summed E-state index contributed by atoms with van der Waals surface area (Å²) in [6.07, 6.45) is 14.5. The molecule has 7 rings (SSSR count). The van der Waals surface area contributed by atoms with Crippen LogP contribution in [0, 0.1) is 17.8 Å². The third-order valence-electron chi connectivity index (χ3n) is 11.6. The molecule has 0 aliphatic carbocycles. The number of hydrogen-bond donors (Lipinski definition) is 2. The van der Waals surface area contributed by atoms with Gasteiger partial charge in [0.05, 0.1) is 11.1 Å². The number of piperazine rings is 1. The number of hydrogen-bond acceptors (Lipinski definition) is 11. The summed E-state index contributed by atoms with van der Waals surface area (Å²) in [6.45, 7) is 6.49. The van der Waals surface area contributed by atoms with Crippen LogP contribution in [0.2, 0.25) is 0 Å². The highest BCUT2D eigenvalue weighted by atomic mass is 16.2. The van der Waals surface area contributed by atoms with Gasteiger partial charge in [-0.2, -0.15) is 0 Å². The standard InChI is InChI=1S/C45H51N9O6/c55-40(17-12-34-10-7-21-46-31-34)47-22-5-4-8-32-19-24-53(25-20-32)45(60)37-14-16-39(50-49-37)52-28-26-51(27-29-52)23-6-2-1-3-9-33-11-13-35-36(30-33)44(59)54(43(35)58)38-15-18-41(56)48-42(38)57/h7,10-14,16-17,21,30-32,38H,1-2,4-6,8,15,18-20,22-29H2,(H,47,55)(H,48,56,57)/b17-12+. The lowest BCUT2D eigenvalue weighted by molar-refractivity contribution is -0.136. The fourth-order valence-corrected chi connectivity index (χ4v) is 8.13. The number of carbonyl (C=O) groups excluding carboxylic acids is 6. The Balaban J connectivity index is 0.751. The van der Waals surface area contributed by atoms with Gasteiger partial charge in [0, 0.05) is 82.7 Å². The van der Waals surface area contributed by atoms with Crippen molar-refractivity contribution in [1.82, 2.24) is 40.5 Å². The smallest absolute Gasteiger partial charge is 0.274 e. The van der Waals surface area contributed by atoms with Crippen molar-refractivity contribution >= 4 is 47.3 Å². The van der Waals surface area contributed by atoms with Crippen molar-refractivity contribution in [2.24, 2.45) is 5.92 Å². The monoisotopic (exact) mass is 813 g/mol. The molecule has 0 saturated carbocycles. The first kappa shape index (κ1) is 41.9. The van der Waals surface area contributed by atoms with E-state index in [1.807, 2.05) is 23.1 Å². The highest BCUT2D eigenvalue weighted by molar-refractivity contribution is 6.23. The van der Waals surface area contributed by atoms with Crippen LogP contribution in [0.4, 0.5) is 5.82 Å². The van der Waals surface area contributed by atoms with Crippen LogP contribution in [0.3, 0.4) is 0 Å². The molecule has 6 heterocycles. The maximum absolute atomic E-state index is 13.2. The van der Waals surface area contributed by atoms with Gasteiger partial charge in [-0.15, -0.1) is 10.2 Å². The normalized spacial score (nSPS) is 18.7. The van der Waals surface area contributed by atoms with Gasteiger partial charge in [0.1, 0.15) is 6.04 Å². The summed E-state index contributed by atoms with van der Waals surface area (Å²) in [6, 6.07) is 11.3. The van der Waals surface area contributed by atoms with E-state index in [1.165, 1.54) is 6.08 Å². The number of fused-ring (bicyclic) bond motifs is 1. The van der Waals surface area contributed by atoms with E-state index in [4.69, 9.17) is 0 Å². The molecular weight excluding hydrogens is 763 g/mol. The molecule has 1 aromatic carbocycles. The van der Waals surface area contributed by atoms with Crippen LogP contribution in [0.1, 0.15) is 107 Å². The van der Waals surface area contributed by atoms with E-state index in [9.17, 15) is 28.8 Å². The number of nitrogens with zero attached hydrogens (tertiary/aromatic N) is 7. The number of anilines is 1. The van der Waals surface area contributed by atoms with Crippen LogP contribution in [-0.4, -0.2) is 124 Å². The first-order valence-corrected chi connectivity index (χ1v) is 21.0.